The number of thiophene rings is 1. The number of nitro benzene ring substituents is 1. The Morgan fingerprint density at radius 2 is 2.00 bits per heavy atom. The summed E-state index contributed by atoms with van der Waals surface area (Å²) >= 11 is 3.15. The molecule has 0 N–H and O–H groups in total. The SMILES string of the molecule is O=[N+]([O-])c1ccc(-c2csc(N3N=C(c4cccs4)CC3c3ccco3)n2)cc1. The summed E-state index contributed by atoms with van der Waals surface area (Å²) in [7, 11) is 0. The molecule has 0 bridgehead atoms. The molecule has 1 atom stereocenters. The highest BCUT2D eigenvalue weighted by atomic mass is 32.1. The van der Waals surface area contributed by atoms with Gasteiger partial charge in [0.25, 0.3) is 5.69 Å². The number of thiazole rings is 1. The largest absolute Gasteiger partial charge is 0.467 e. The van der Waals surface area contributed by atoms with Gasteiger partial charge in [0.15, 0.2) is 0 Å². The molecule has 1 unspecified atom stereocenters. The first-order valence-electron chi connectivity index (χ1n) is 8.83. The van der Waals surface area contributed by atoms with Crippen LogP contribution in [0, 0.1) is 10.1 Å². The monoisotopic (exact) mass is 422 g/mol. The second-order valence-corrected chi connectivity index (χ2v) is 8.21. The van der Waals surface area contributed by atoms with Crippen LogP contribution in [0.15, 0.2) is 75.1 Å². The fourth-order valence-corrected chi connectivity index (χ4v) is 4.79. The van der Waals surface area contributed by atoms with E-state index in [-0.39, 0.29) is 11.7 Å². The van der Waals surface area contributed by atoms with Gasteiger partial charge >= 0.3 is 0 Å². The fourth-order valence-electron chi connectivity index (χ4n) is 3.24. The van der Waals surface area contributed by atoms with Crippen LogP contribution in [0.5, 0.6) is 0 Å². The Morgan fingerprint density at radius 1 is 1.14 bits per heavy atom. The fraction of sp³-hybridized carbons (Fsp3) is 0.100. The van der Waals surface area contributed by atoms with E-state index in [4.69, 9.17) is 14.5 Å². The van der Waals surface area contributed by atoms with Crippen LogP contribution in [-0.4, -0.2) is 15.6 Å². The van der Waals surface area contributed by atoms with Gasteiger partial charge in [0.2, 0.25) is 5.13 Å². The van der Waals surface area contributed by atoms with E-state index >= 15 is 0 Å². The summed E-state index contributed by atoms with van der Waals surface area (Å²) in [6, 6.07) is 14.3. The minimum Gasteiger partial charge on any atom is -0.467 e. The van der Waals surface area contributed by atoms with Gasteiger partial charge < -0.3 is 4.42 Å². The van der Waals surface area contributed by atoms with Gasteiger partial charge in [-0.3, -0.25) is 10.1 Å². The number of aromatic nitrogens is 1. The third kappa shape index (κ3) is 3.34. The van der Waals surface area contributed by atoms with Gasteiger partial charge in [-0.2, -0.15) is 5.10 Å². The molecule has 4 heterocycles. The molecule has 7 nitrogen and oxygen atoms in total. The third-order valence-electron chi connectivity index (χ3n) is 4.65. The van der Waals surface area contributed by atoms with Gasteiger partial charge in [-0.15, -0.1) is 22.7 Å². The summed E-state index contributed by atoms with van der Waals surface area (Å²) in [6.45, 7) is 0. The molecule has 1 aromatic carbocycles. The van der Waals surface area contributed by atoms with Gasteiger partial charge in [0, 0.05) is 29.5 Å². The molecule has 0 spiro atoms. The van der Waals surface area contributed by atoms with Crippen LogP contribution < -0.4 is 5.01 Å². The molecular weight excluding hydrogens is 408 g/mol. The molecule has 144 valence electrons. The first kappa shape index (κ1) is 17.8. The average molecular weight is 422 g/mol. The molecule has 4 aromatic rings. The minimum atomic E-state index is -0.407. The lowest BCUT2D eigenvalue weighted by molar-refractivity contribution is -0.384. The molecule has 0 amide bonds. The third-order valence-corrected chi connectivity index (χ3v) is 6.40. The van der Waals surface area contributed by atoms with Gasteiger partial charge in [0.1, 0.15) is 11.8 Å². The van der Waals surface area contributed by atoms with Crippen LogP contribution in [0.2, 0.25) is 0 Å². The zero-order chi connectivity index (χ0) is 19.8. The molecule has 5 rings (SSSR count). The van der Waals surface area contributed by atoms with E-state index in [1.807, 2.05) is 34.0 Å². The second kappa shape index (κ2) is 7.26. The Hall–Kier alpha value is -3.30. The number of furan rings is 1. The van der Waals surface area contributed by atoms with Crippen molar-refractivity contribution in [3.8, 4) is 11.3 Å². The van der Waals surface area contributed by atoms with Crippen LogP contribution in [0.3, 0.4) is 0 Å². The maximum Gasteiger partial charge on any atom is 0.269 e. The number of hydrogen-bond acceptors (Lipinski definition) is 8. The summed E-state index contributed by atoms with van der Waals surface area (Å²) in [5.74, 6) is 0.840. The summed E-state index contributed by atoms with van der Waals surface area (Å²) < 4.78 is 5.66. The van der Waals surface area contributed by atoms with Crippen molar-refractivity contribution in [3.05, 3.63) is 86.3 Å². The Labute approximate surface area is 173 Å². The molecule has 9 heteroatoms. The predicted molar refractivity (Wildman–Crippen MR) is 114 cm³/mol. The van der Waals surface area contributed by atoms with Gasteiger partial charge in [0.05, 0.1) is 27.5 Å². The number of nitro groups is 1. The second-order valence-electron chi connectivity index (χ2n) is 6.42. The van der Waals surface area contributed by atoms with Gasteiger partial charge in [-0.1, -0.05) is 6.07 Å². The molecule has 1 aliphatic rings. The lowest BCUT2D eigenvalue weighted by atomic mass is 10.1. The molecule has 0 fully saturated rings. The van der Waals surface area contributed by atoms with Crippen LogP contribution >= 0.6 is 22.7 Å². The highest BCUT2D eigenvalue weighted by Crippen LogP contribution is 2.40. The average Bonchev–Trinajstić information content (AvgIpc) is 3.54. The van der Waals surface area contributed by atoms with E-state index in [0.717, 1.165) is 39.2 Å². The normalized spacial score (nSPS) is 16.2. The number of non-ortho nitro benzene ring substituents is 1. The van der Waals surface area contributed by atoms with Crippen molar-refractivity contribution in [1.82, 2.24) is 4.98 Å². The number of hydrazone groups is 1. The first-order chi connectivity index (χ1) is 14.2. The number of benzene rings is 1. The predicted octanol–water partition coefficient (Wildman–Crippen LogP) is 5.73. The van der Waals surface area contributed by atoms with Crippen molar-refractivity contribution in [2.75, 3.05) is 5.01 Å². The topological polar surface area (TPSA) is 84.8 Å². The van der Waals surface area contributed by atoms with Crippen molar-refractivity contribution >= 4 is 39.2 Å². The standard InChI is InChI=1S/C20H14N4O3S2/c25-24(26)14-7-5-13(6-8-14)16-12-29-20(21-16)23-17(18-3-1-9-27-18)11-15(22-23)19-4-2-10-28-19/h1-10,12,17H,11H2. The van der Waals surface area contributed by atoms with E-state index in [0.29, 0.717) is 0 Å². The van der Waals surface area contributed by atoms with Crippen molar-refractivity contribution in [2.45, 2.75) is 12.5 Å². The van der Waals surface area contributed by atoms with Crippen LogP contribution in [0.1, 0.15) is 23.1 Å². The van der Waals surface area contributed by atoms with Gasteiger partial charge in [-0.25, -0.2) is 9.99 Å². The van der Waals surface area contributed by atoms with E-state index in [2.05, 4.69) is 6.07 Å². The molecule has 0 radical (unpaired) electrons. The van der Waals surface area contributed by atoms with E-state index in [9.17, 15) is 10.1 Å². The van der Waals surface area contributed by atoms with Crippen LogP contribution in [-0.2, 0) is 0 Å². The lowest BCUT2D eigenvalue weighted by Crippen LogP contribution is -2.17. The van der Waals surface area contributed by atoms with E-state index in [1.165, 1.54) is 23.5 Å². The van der Waals surface area contributed by atoms with Gasteiger partial charge in [-0.05, 0) is 35.7 Å². The molecular formula is C20H14N4O3S2. The van der Waals surface area contributed by atoms with Crippen molar-refractivity contribution in [3.63, 3.8) is 0 Å². The molecule has 29 heavy (non-hydrogen) atoms. The lowest BCUT2D eigenvalue weighted by Gasteiger charge is -2.18. The van der Waals surface area contributed by atoms with Crippen molar-refractivity contribution in [2.24, 2.45) is 5.10 Å². The minimum absolute atomic E-state index is 0.0574. The maximum absolute atomic E-state index is 10.9. The Bertz CT molecular complexity index is 1170. The number of hydrogen-bond donors (Lipinski definition) is 0. The Kier molecular flexibility index (Phi) is 4.45. The highest BCUT2D eigenvalue weighted by Gasteiger charge is 2.33. The zero-order valence-electron chi connectivity index (χ0n) is 15.0. The molecule has 0 saturated carbocycles. The van der Waals surface area contributed by atoms with Crippen LogP contribution in [0.25, 0.3) is 11.3 Å². The molecule has 3 aromatic heterocycles. The van der Waals surface area contributed by atoms with E-state index < -0.39 is 4.92 Å². The molecule has 0 aliphatic carbocycles. The van der Waals surface area contributed by atoms with E-state index in [1.54, 1.807) is 29.7 Å². The summed E-state index contributed by atoms with van der Waals surface area (Å²) in [5.41, 5.74) is 2.66. The number of rotatable bonds is 5. The molecule has 0 saturated heterocycles. The molecule has 1 aliphatic heterocycles. The van der Waals surface area contributed by atoms with Crippen LogP contribution in [0.4, 0.5) is 10.8 Å². The maximum atomic E-state index is 10.9. The summed E-state index contributed by atoms with van der Waals surface area (Å²) in [4.78, 5) is 16.3. The highest BCUT2D eigenvalue weighted by molar-refractivity contribution is 7.14. The summed E-state index contributed by atoms with van der Waals surface area (Å²) in [6.07, 6.45) is 2.40. The quantitative estimate of drug-likeness (QED) is 0.303. The Balaban J connectivity index is 1.48. The van der Waals surface area contributed by atoms with Crippen molar-refractivity contribution < 1.29 is 9.34 Å². The Morgan fingerprint density at radius 3 is 2.69 bits per heavy atom. The number of anilines is 1. The smallest absolute Gasteiger partial charge is 0.269 e. The number of nitrogens with zero attached hydrogens (tertiary/aromatic N) is 4. The van der Waals surface area contributed by atoms with Crippen molar-refractivity contribution in [1.29, 1.82) is 0 Å². The first-order valence-corrected chi connectivity index (χ1v) is 10.6. The zero-order valence-corrected chi connectivity index (χ0v) is 16.6. The summed E-state index contributed by atoms with van der Waals surface area (Å²) in [5, 5.41) is 22.4.